The van der Waals surface area contributed by atoms with Crippen LogP contribution >= 0.6 is 0 Å². The fourth-order valence-electron chi connectivity index (χ4n) is 3.86. The molecule has 1 N–H and O–H groups in total. The Kier molecular flexibility index (Phi) is 7.34. The molecule has 3 rings (SSSR count). The molecule has 1 amide bonds. The first-order valence-corrected chi connectivity index (χ1v) is 10.7. The first-order chi connectivity index (χ1) is 15.0. The molecule has 3 aromatic rings. The van der Waals surface area contributed by atoms with Crippen molar-refractivity contribution >= 4 is 22.8 Å². The maximum absolute atomic E-state index is 12.8. The molecule has 0 atom stereocenters. The van der Waals surface area contributed by atoms with Crippen molar-refractivity contribution in [1.29, 1.82) is 0 Å². The van der Waals surface area contributed by atoms with E-state index in [0.717, 1.165) is 48.0 Å². The van der Waals surface area contributed by atoms with E-state index < -0.39 is 5.97 Å². The minimum Gasteiger partial charge on any atom is -0.496 e. The number of fused-ring (bicyclic) bond motifs is 1. The van der Waals surface area contributed by atoms with Gasteiger partial charge < -0.3 is 19.3 Å². The first-order valence-electron chi connectivity index (χ1n) is 10.7. The average molecular weight is 423 g/mol. The van der Waals surface area contributed by atoms with Crippen molar-refractivity contribution in [2.24, 2.45) is 0 Å². The summed E-state index contributed by atoms with van der Waals surface area (Å²) in [5.74, 6) is -0.277. The Morgan fingerprint density at radius 1 is 1.03 bits per heavy atom. The normalized spacial score (nSPS) is 10.9. The second-order valence-corrected chi connectivity index (χ2v) is 7.73. The van der Waals surface area contributed by atoms with Gasteiger partial charge in [0, 0.05) is 30.4 Å². The number of carboxylic acid groups (broad SMARTS) is 1. The van der Waals surface area contributed by atoms with Gasteiger partial charge in [-0.15, -0.1) is 0 Å². The summed E-state index contributed by atoms with van der Waals surface area (Å²) in [6.07, 6.45) is 4.30. The number of hydrogen-bond donors (Lipinski definition) is 1. The van der Waals surface area contributed by atoms with Crippen molar-refractivity contribution in [1.82, 2.24) is 9.47 Å². The van der Waals surface area contributed by atoms with Crippen molar-refractivity contribution in [3.8, 4) is 5.75 Å². The van der Waals surface area contributed by atoms with Gasteiger partial charge in [0.25, 0.3) is 0 Å². The number of nitrogens with zero attached hydrogens (tertiary/aromatic N) is 2. The summed E-state index contributed by atoms with van der Waals surface area (Å²) < 4.78 is 7.51. The highest BCUT2D eigenvalue weighted by molar-refractivity contribution is 5.88. The van der Waals surface area contributed by atoms with Crippen molar-refractivity contribution in [3.63, 3.8) is 0 Å². The molecule has 0 aliphatic carbocycles. The van der Waals surface area contributed by atoms with Crippen LogP contribution in [0, 0.1) is 0 Å². The number of hydrogen-bond acceptors (Lipinski definition) is 3. The summed E-state index contributed by atoms with van der Waals surface area (Å²) in [5.41, 5.74) is 3.11. The largest absolute Gasteiger partial charge is 0.496 e. The molecule has 1 aromatic heterocycles. The van der Waals surface area contributed by atoms with Crippen LogP contribution in [-0.2, 0) is 17.8 Å². The monoisotopic (exact) mass is 422 g/mol. The van der Waals surface area contributed by atoms with Gasteiger partial charge in [0.05, 0.1) is 25.6 Å². The van der Waals surface area contributed by atoms with Crippen molar-refractivity contribution in [2.75, 3.05) is 20.2 Å². The number of aromatic nitrogens is 1. The molecule has 0 spiro atoms. The van der Waals surface area contributed by atoms with Crippen LogP contribution in [-0.4, -0.2) is 46.6 Å². The van der Waals surface area contributed by atoms with Gasteiger partial charge in [-0.3, -0.25) is 4.79 Å². The summed E-state index contributed by atoms with van der Waals surface area (Å²) in [7, 11) is 1.54. The van der Waals surface area contributed by atoms with Crippen LogP contribution in [0.3, 0.4) is 0 Å². The van der Waals surface area contributed by atoms with Crippen LogP contribution < -0.4 is 4.74 Å². The average Bonchev–Trinajstić information content (AvgIpc) is 3.15. The van der Waals surface area contributed by atoms with Crippen LogP contribution in [0.15, 0.2) is 48.7 Å². The Bertz CT molecular complexity index is 1060. The van der Waals surface area contributed by atoms with E-state index in [1.54, 1.807) is 25.3 Å². The molecular formula is C25H30N2O4. The van der Waals surface area contributed by atoms with Crippen LogP contribution in [0.2, 0.25) is 0 Å². The molecule has 0 radical (unpaired) electrons. The maximum Gasteiger partial charge on any atom is 0.335 e. The number of ether oxygens (including phenoxy) is 1. The van der Waals surface area contributed by atoms with Gasteiger partial charge in [-0.2, -0.15) is 0 Å². The molecule has 31 heavy (non-hydrogen) atoms. The number of aromatic carboxylic acids is 1. The van der Waals surface area contributed by atoms with E-state index >= 15 is 0 Å². The fraction of sp³-hybridized carbons (Fsp3) is 0.360. The summed E-state index contributed by atoms with van der Waals surface area (Å²) in [4.78, 5) is 25.9. The zero-order valence-corrected chi connectivity index (χ0v) is 18.4. The number of carboxylic acids is 1. The molecule has 6 nitrogen and oxygen atoms in total. The van der Waals surface area contributed by atoms with Gasteiger partial charge in [0.2, 0.25) is 5.91 Å². The Hall–Kier alpha value is -3.28. The maximum atomic E-state index is 12.8. The lowest BCUT2D eigenvalue weighted by atomic mass is 10.1. The van der Waals surface area contributed by atoms with Crippen LogP contribution in [0.1, 0.15) is 48.2 Å². The van der Waals surface area contributed by atoms with E-state index in [2.05, 4.69) is 24.5 Å². The summed E-state index contributed by atoms with van der Waals surface area (Å²) in [5, 5.41) is 10.3. The van der Waals surface area contributed by atoms with Crippen LogP contribution in [0.4, 0.5) is 0 Å². The predicted octanol–water partition coefficient (Wildman–Crippen LogP) is 4.59. The van der Waals surface area contributed by atoms with Crippen molar-refractivity contribution in [3.05, 3.63) is 65.4 Å². The lowest BCUT2D eigenvalue weighted by molar-refractivity contribution is -0.130. The smallest absolute Gasteiger partial charge is 0.335 e. The van der Waals surface area contributed by atoms with E-state index in [1.807, 2.05) is 29.3 Å². The molecule has 1 heterocycles. The highest BCUT2D eigenvalue weighted by Gasteiger charge is 2.14. The molecular weight excluding hydrogens is 392 g/mol. The number of amides is 1. The van der Waals surface area contributed by atoms with Crippen molar-refractivity contribution in [2.45, 2.75) is 39.7 Å². The van der Waals surface area contributed by atoms with Crippen molar-refractivity contribution < 1.29 is 19.4 Å². The number of rotatable bonds is 10. The minimum atomic E-state index is -0.981. The van der Waals surface area contributed by atoms with E-state index in [4.69, 9.17) is 4.74 Å². The Morgan fingerprint density at radius 2 is 1.77 bits per heavy atom. The lowest BCUT2D eigenvalue weighted by Crippen LogP contribution is -2.33. The lowest BCUT2D eigenvalue weighted by Gasteiger charge is -2.21. The second-order valence-electron chi connectivity index (χ2n) is 7.73. The second kappa shape index (κ2) is 10.2. The van der Waals surface area contributed by atoms with Crippen LogP contribution in [0.5, 0.6) is 5.75 Å². The minimum absolute atomic E-state index is 0.159. The molecule has 0 saturated carbocycles. The molecule has 0 saturated heterocycles. The highest BCUT2D eigenvalue weighted by atomic mass is 16.5. The third kappa shape index (κ3) is 5.26. The number of carbonyl (C=O) groups is 2. The van der Waals surface area contributed by atoms with E-state index in [9.17, 15) is 14.7 Å². The molecule has 0 aliphatic heterocycles. The number of carbonyl (C=O) groups excluding carboxylic acids is 1. The first kappa shape index (κ1) is 22.4. The van der Waals surface area contributed by atoms with Crippen LogP contribution in [0.25, 0.3) is 10.9 Å². The molecule has 2 aromatic carbocycles. The zero-order valence-electron chi connectivity index (χ0n) is 18.4. The molecule has 0 bridgehead atoms. The Morgan fingerprint density at radius 3 is 2.42 bits per heavy atom. The SMILES string of the molecule is CCCN(CCC)C(=O)Cc1ccc2ccn(Cc3ccc(C(=O)O)cc3OC)c2c1. The van der Waals surface area contributed by atoms with Gasteiger partial charge in [-0.25, -0.2) is 4.79 Å². The molecule has 0 aliphatic rings. The number of benzene rings is 2. The van der Waals surface area contributed by atoms with E-state index in [-0.39, 0.29) is 11.5 Å². The zero-order chi connectivity index (χ0) is 22.4. The predicted molar refractivity (Wildman–Crippen MR) is 122 cm³/mol. The van der Waals surface area contributed by atoms with Gasteiger partial charge in [-0.05, 0) is 48.1 Å². The Labute approximate surface area is 183 Å². The van der Waals surface area contributed by atoms with Gasteiger partial charge in [-0.1, -0.05) is 32.0 Å². The molecule has 164 valence electrons. The standard InChI is InChI=1S/C25H30N2O4/c1-4-11-26(12-5-2)24(28)15-18-6-7-19-10-13-27(22(19)14-18)17-21-9-8-20(25(29)30)16-23(21)31-3/h6-10,13-14,16H,4-5,11-12,15,17H2,1-3H3,(H,29,30). The summed E-state index contributed by atoms with van der Waals surface area (Å²) >= 11 is 0. The summed E-state index contributed by atoms with van der Waals surface area (Å²) in [6.45, 7) is 6.30. The fourth-order valence-corrected chi connectivity index (χ4v) is 3.86. The molecule has 6 heteroatoms. The highest BCUT2D eigenvalue weighted by Crippen LogP contribution is 2.25. The van der Waals surface area contributed by atoms with Gasteiger partial charge in [0.15, 0.2) is 0 Å². The van der Waals surface area contributed by atoms with Gasteiger partial charge in [0.1, 0.15) is 5.75 Å². The molecule has 0 unspecified atom stereocenters. The quantitative estimate of drug-likeness (QED) is 0.519. The van der Waals surface area contributed by atoms with Gasteiger partial charge >= 0.3 is 5.97 Å². The Balaban J connectivity index is 1.85. The van der Waals surface area contributed by atoms with E-state index in [0.29, 0.717) is 18.7 Å². The van der Waals surface area contributed by atoms with E-state index in [1.165, 1.54) is 0 Å². The third-order valence-electron chi connectivity index (χ3n) is 5.41. The number of methoxy groups -OCH3 is 1. The third-order valence-corrected chi connectivity index (χ3v) is 5.41. The summed E-state index contributed by atoms with van der Waals surface area (Å²) in [6, 6.07) is 13.1. The topological polar surface area (TPSA) is 71.8 Å². The molecule has 0 fully saturated rings.